The van der Waals surface area contributed by atoms with Gasteiger partial charge in [0.25, 0.3) is 5.56 Å². The first-order valence-electron chi connectivity index (χ1n) is 7.26. The molecule has 120 valence electrons. The Bertz CT molecular complexity index is 668. The van der Waals surface area contributed by atoms with Crippen molar-refractivity contribution in [3.8, 4) is 0 Å². The third-order valence-corrected chi connectivity index (χ3v) is 4.38. The molecule has 0 unspecified atom stereocenters. The molecule has 0 radical (unpaired) electrons. The van der Waals surface area contributed by atoms with Crippen LogP contribution in [-0.4, -0.2) is 34.0 Å². The second-order valence-electron chi connectivity index (χ2n) is 5.26. The summed E-state index contributed by atoms with van der Waals surface area (Å²) in [6, 6.07) is 1.54. The summed E-state index contributed by atoms with van der Waals surface area (Å²) in [6.45, 7) is 5.25. The van der Waals surface area contributed by atoms with Crippen LogP contribution in [0, 0.1) is 0 Å². The quantitative estimate of drug-likeness (QED) is 0.845. The fourth-order valence-corrected chi connectivity index (χ4v) is 2.93. The zero-order valence-electron chi connectivity index (χ0n) is 13.4. The van der Waals surface area contributed by atoms with Crippen LogP contribution >= 0.6 is 11.3 Å². The molecule has 0 aliphatic carbocycles. The van der Waals surface area contributed by atoms with E-state index in [1.165, 1.54) is 0 Å². The molecule has 6 nitrogen and oxygen atoms in total. The normalized spacial score (nSPS) is 12.8. The number of methoxy groups -OCH3 is 1. The lowest BCUT2D eigenvalue weighted by Gasteiger charge is -2.14. The predicted octanol–water partition coefficient (Wildman–Crippen LogP) is 2.13. The molecule has 22 heavy (non-hydrogen) atoms. The Morgan fingerprint density at radius 2 is 2.14 bits per heavy atom. The van der Waals surface area contributed by atoms with Gasteiger partial charge in [-0.15, -0.1) is 11.3 Å². The van der Waals surface area contributed by atoms with Gasteiger partial charge in [-0.3, -0.25) is 9.69 Å². The summed E-state index contributed by atoms with van der Waals surface area (Å²) in [4.78, 5) is 25.5. The molecule has 2 heterocycles. The highest BCUT2D eigenvalue weighted by Gasteiger charge is 2.11. The number of ether oxygens (including phenoxy) is 1. The van der Waals surface area contributed by atoms with Gasteiger partial charge in [0.15, 0.2) is 0 Å². The Morgan fingerprint density at radius 1 is 1.36 bits per heavy atom. The molecule has 1 N–H and O–H groups in total. The number of hydrogen-bond acceptors (Lipinski definition) is 6. The third kappa shape index (κ3) is 4.46. The zero-order valence-corrected chi connectivity index (χ0v) is 14.2. The van der Waals surface area contributed by atoms with E-state index < -0.39 is 0 Å². The van der Waals surface area contributed by atoms with Crippen LogP contribution in [0.3, 0.4) is 0 Å². The zero-order chi connectivity index (χ0) is 16.1. The van der Waals surface area contributed by atoms with E-state index in [1.807, 2.05) is 26.3 Å². The van der Waals surface area contributed by atoms with Gasteiger partial charge in [-0.25, -0.2) is 9.97 Å². The number of H-pyrrole nitrogens is 1. The van der Waals surface area contributed by atoms with Crippen LogP contribution < -0.4 is 5.56 Å². The first-order chi connectivity index (χ1) is 10.5. The lowest BCUT2D eigenvalue weighted by Crippen LogP contribution is -2.22. The van der Waals surface area contributed by atoms with E-state index in [0.29, 0.717) is 18.9 Å². The van der Waals surface area contributed by atoms with Crippen molar-refractivity contribution in [2.24, 2.45) is 0 Å². The largest absolute Gasteiger partial charge is 0.375 e. The summed E-state index contributed by atoms with van der Waals surface area (Å²) < 4.78 is 5.27. The molecular formula is C15H22N4O2S. The average molecular weight is 322 g/mol. The molecule has 0 amide bonds. The Hall–Kier alpha value is -1.57. The molecule has 0 aliphatic rings. The van der Waals surface area contributed by atoms with Gasteiger partial charge >= 0.3 is 0 Å². The first-order valence-corrected chi connectivity index (χ1v) is 8.14. The van der Waals surface area contributed by atoms with Crippen molar-refractivity contribution in [1.82, 2.24) is 19.9 Å². The van der Waals surface area contributed by atoms with E-state index >= 15 is 0 Å². The molecule has 7 heteroatoms. The van der Waals surface area contributed by atoms with Gasteiger partial charge in [0.2, 0.25) is 0 Å². The van der Waals surface area contributed by atoms with Crippen LogP contribution in [0.2, 0.25) is 0 Å². The third-order valence-electron chi connectivity index (χ3n) is 3.33. The van der Waals surface area contributed by atoms with Crippen molar-refractivity contribution in [3.63, 3.8) is 0 Å². The number of nitrogens with zero attached hydrogens (tertiary/aromatic N) is 3. The van der Waals surface area contributed by atoms with Crippen molar-refractivity contribution in [2.75, 3.05) is 14.2 Å². The predicted molar refractivity (Wildman–Crippen MR) is 86.9 cm³/mol. The van der Waals surface area contributed by atoms with Crippen molar-refractivity contribution in [1.29, 1.82) is 0 Å². The molecule has 0 saturated carbocycles. The van der Waals surface area contributed by atoms with Gasteiger partial charge in [-0.05, 0) is 20.4 Å². The molecule has 1 atom stereocenters. The maximum atomic E-state index is 11.6. The Labute approximate surface area is 134 Å². The summed E-state index contributed by atoms with van der Waals surface area (Å²) >= 11 is 1.60. The lowest BCUT2D eigenvalue weighted by molar-refractivity contribution is 0.119. The highest BCUT2D eigenvalue weighted by molar-refractivity contribution is 7.09. The monoisotopic (exact) mass is 322 g/mol. The standard InChI is InChI=1S/C15H22N4O2S/c1-5-11-6-14(20)18-13(16-11)8-19(3)7-12-9-22-15(17-12)10(2)21-4/h6,9-10H,5,7-8H2,1-4H3,(H,16,18,20)/t10-/m0/s1. The van der Waals surface area contributed by atoms with Gasteiger partial charge in [-0.2, -0.15) is 0 Å². The minimum atomic E-state index is -0.0971. The van der Waals surface area contributed by atoms with Crippen molar-refractivity contribution < 1.29 is 4.74 Å². The molecule has 2 aromatic rings. The lowest BCUT2D eigenvalue weighted by atomic mass is 10.3. The van der Waals surface area contributed by atoms with E-state index in [0.717, 1.165) is 22.8 Å². The highest BCUT2D eigenvalue weighted by atomic mass is 32.1. The highest BCUT2D eigenvalue weighted by Crippen LogP contribution is 2.21. The van der Waals surface area contributed by atoms with Gasteiger partial charge in [-0.1, -0.05) is 6.92 Å². The summed E-state index contributed by atoms with van der Waals surface area (Å²) in [5.41, 5.74) is 1.72. The second-order valence-corrected chi connectivity index (χ2v) is 6.15. The number of rotatable bonds is 7. The van der Waals surface area contributed by atoms with E-state index in [-0.39, 0.29) is 11.7 Å². The van der Waals surface area contributed by atoms with Crippen molar-refractivity contribution in [3.05, 3.63) is 44.0 Å². The molecule has 2 aromatic heterocycles. The maximum Gasteiger partial charge on any atom is 0.251 e. The van der Waals surface area contributed by atoms with E-state index in [1.54, 1.807) is 24.5 Å². The topological polar surface area (TPSA) is 71.1 Å². The van der Waals surface area contributed by atoms with Crippen LogP contribution in [0.1, 0.15) is 42.2 Å². The fraction of sp³-hybridized carbons (Fsp3) is 0.533. The minimum Gasteiger partial charge on any atom is -0.375 e. The van der Waals surface area contributed by atoms with E-state index in [2.05, 4.69) is 19.9 Å². The second kappa shape index (κ2) is 7.62. The molecule has 0 saturated heterocycles. The number of thiazole rings is 1. The van der Waals surface area contributed by atoms with Crippen LogP contribution in [-0.2, 0) is 24.2 Å². The van der Waals surface area contributed by atoms with Crippen molar-refractivity contribution in [2.45, 2.75) is 39.5 Å². The molecule has 2 rings (SSSR count). The number of aromatic amines is 1. The van der Waals surface area contributed by atoms with E-state index in [4.69, 9.17) is 4.74 Å². The van der Waals surface area contributed by atoms with Crippen LogP contribution in [0.25, 0.3) is 0 Å². The minimum absolute atomic E-state index is 0.0170. The summed E-state index contributed by atoms with van der Waals surface area (Å²) in [6.07, 6.45) is 0.772. The van der Waals surface area contributed by atoms with Crippen LogP contribution in [0.15, 0.2) is 16.2 Å². The van der Waals surface area contributed by atoms with Gasteiger partial charge in [0, 0.05) is 30.8 Å². The number of aromatic nitrogens is 3. The summed E-state index contributed by atoms with van der Waals surface area (Å²) in [5.74, 6) is 0.688. The number of hydrogen-bond donors (Lipinski definition) is 1. The number of nitrogens with one attached hydrogen (secondary N) is 1. The Kier molecular flexibility index (Phi) is 5.82. The number of aryl methyl sites for hydroxylation is 1. The first kappa shape index (κ1) is 16.8. The van der Waals surface area contributed by atoms with Crippen LogP contribution in [0.5, 0.6) is 0 Å². The van der Waals surface area contributed by atoms with Crippen LogP contribution in [0.4, 0.5) is 0 Å². The van der Waals surface area contributed by atoms with E-state index in [9.17, 15) is 4.79 Å². The van der Waals surface area contributed by atoms with Gasteiger partial charge in [0.05, 0.1) is 12.2 Å². The van der Waals surface area contributed by atoms with Gasteiger partial charge in [0.1, 0.15) is 16.9 Å². The SMILES string of the molecule is CCc1cc(=O)[nH]c(CN(C)Cc2csc([C@H](C)OC)n2)n1. The van der Waals surface area contributed by atoms with Gasteiger partial charge < -0.3 is 9.72 Å². The summed E-state index contributed by atoms with van der Waals surface area (Å²) in [5, 5.41) is 3.02. The smallest absolute Gasteiger partial charge is 0.251 e. The molecule has 0 aliphatic heterocycles. The molecule has 0 aromatic carbocycles. The maximum absolute atomic E-state index is 11.6. The molecule has 0 fully saturated rings. The molecular weight excluding hydrogens is 300 g/mol. The summed E-state index contributed by atoms with van der Waals surface area (Å²) in [7, 11) is 3.66. The Morgan fingerprint density at radius 3 is 2.82 bits per heavy atom. The molecule has 0 spiro atoms. The molecule has 0 bridgehead atoms. The Balaban J connectivity index is 2.01. The van der Waals surface area contributed by atoms with Crippen molar-refractivity contribution >= 4 is 11.3 Å². The fourth-order valence-electron chi connectivity index (χ4n) is 2.09. The average Bonchev–Trinajstić information content (AvgIpc) is 2.93.